The number of phenolic OH excluding ortho intramolecular Hbond substituents is 1. The number of fused-ring (bicyclic) bond motifs is 1. The zero-order chi connectivity index (χ0) is 31.0. The summed E-state index contributed by atoms with van der Waals surface area (Å²) in [5, 5.41) is 63.1. The molecule has 2 fully saturated rings. The van der Waals surface area contributed by atoms with Crippen molar-refractivity contribution in [3.8, 4) is 17.2 Å². The highest BCUT2D eigenvalue weighted by Crippen LogP contribution is 2.42. The van der Waals surface area contributed by atoms with Gasteiger partial charge in [-0.25, -0.2) is 0 Å². The summed E-state index contributed by atoms with van der Waals surface area (Å²) in [7, 11) is 0. The molecule has 3 heterocycles. The average molecular weight is 607 g/mol. The van der Waals surface area contributed by atoms with E-state index in [1.54, 1.807) is 24.3 Å². The number of aromatic hydroxyl groups is 1. The summed E-state index contributed by atoms with van der Waals surface area (Å²) in [6.07, 6.45) is -15.7. The van der Waals surface area contributed by atoms with Crippen LogP contribution in [-0.4, -0.2) is 110 Å². The van der Waals surface area contributed by atoms with Gasteiger partial charge in [0.05, 0.1) is 19.1 Å². The second-order valence-electron chi connectivity index (χ2n) is 10.7. The van der Waals surface area contributed by atoms with Crippen LogP contribution in [0.3, 0.4) is 0 Å². The molecule has 3 aliphatic heterocycles. The molecule has 2 aromatic rings. The Bertz CT molecular complexity index is 1300. The molecule has 0 spiro atoms. The summed E-state index contributed by atoms with van der Waals surface area (Å²) in [5.74, 6) is -1.61. The van der Waals surface area contributed by atoms with Crippen molar-refractivity contribution >= 4 is 11.8 Å². The molecule has 234 valence electrons. The lowest BCUT2D eigenvalue weighted by atomic mass is 9.95. The minimum atomic E-state index is -1.76. The lowest BCUT2D eigenvalue weighted by Gasteiger charge is -2.46. The Morgan fingerprint density at radius 1 is 0.953 bits per heavy atom. The maximum absolute atomic E-state index is 12.9. The van der Waals surface area contributed by atoms with E-state index < -0.39 is 85.8 Å². The van der Waals surface area contributed by atoms with E-state index in [4.69, 9.17) is 28.4 Å². The molecule has 2 aromatic carbocycles. The number of aliphatic hydroxyl groups is 5. The summed E-state index contributed by atoms with van der Waals surface area (Å²) < 4.78 is 34.0. The first-order chi connectivity index (χ1) is 20.5. The van der Waals surface area contributed by atoms with Gasteiger partial charge in [0.25, 0.3) is 0 Å². The largest absolute Gasteiger partial charge is 0.507 e. The lowest BCUT2D eigenvalue weighted by molar-refractivity contribution is -0.355. The van der Waals surface area contributed by atoms with Crippen molar-refractivity contribution in [3.63, 3.8) is 0 Å². The van der Waals surface area contributed by atoms with E-state index in [0.717, 1.165) is 18.6 Å². The Morgan fingerprint density at radius 2 is 1.67 bits per heavy atom. The van der Waals surface area contributed by atoms with Crippen LogP contribution < -0.4 is 9.47 Å². The summed E-state index contributed by atoms with van der Waals surface area (Å²) >= 11 is 0. The molecule has 0 bridgehead atoms. The van der Waals surface area contributed by atoms with Crippen LogP contribution >= 0.6 is 0 Å². The Kier molecular flexibility index (Phi) is 9.20. The van der Waals surface area contributed by atoms with Gasteiger partial charge >= 0.3 is 5.97 Å². The normalized spacial score (nSPS) is 35.9. The van der Waals surface area contributed by atoms with Crippen LogP contribution in [0.15, 0.2) is 42.5 Å². The maximum Gasteiger partial charge on any atom is 0.303 e. The number of hydrogen-bond donors (Lipinski definition) is 6. The monoisotopic (exact) mass is 606 g/mol. The summed E-state index contributed by atoms with van der Waals surface area (Å²) in [5.41, 5.74) is 0.708. The molecule has 5 rings (SSSR count). The van der Waals surface area contributed by atoms with Crippen molar-refractivity contribution in [2.24, 2.45) is 0 Å². The van der Waals surface area contributed by atoms with Crippen LogP contribution in [0.2, 0.25) is 0 Å². The first kappa shape index (κ1) is 31.1. The number of ketones is 1. The second-order valence-corrected chi connectivity index (χ2v) is 10.7. The summed E-state index contributed by atoms with van der Waals surface area (Å²) in [6.45, 7) is 1.83. The van der Waals surface area contributed by atoms with E-state index in [-0.39, 0.29) is 29.3 Å². The third-order valence-corrected chi connectivity index (χ3v) is 7.60. The Balaban J connectivity index is 1.41. The number of esters is 1. The molecule has 0 amide bonds. The average Bonchev–Trinajstić information content (AvgIpc) is 2.97. The van der Waals surface area contributed by atoms with E-state index in [2.05, 4.69) is 0 Å². The van der Waals surface area contributed by atoms with E-state index >= 15 is 0 Å². The number of phenols is 1. The molecule has 6 N–H and O–H groups in total. The molecule has 0 radical (unpaired) electrons. The molecule has 11 atom stereocenters. The molecule has 14 heteroatoms. The number of aliphatic hydroxyl groups excluding tert-OH is 5. The van der Waals surface area contributed by atoms with Gasteiger partial charge in [0.1, 0.15) is 59.4 Å². The number of hydrogen-bond acceptors (Lipinski definition) is 14. The van der Waals surface area contributed by atoms with E-state index in [0.29, 0.717) is 0 Å². The number of Topliss-reactive ketones (excluding diaryl/α,β-unsaturated/α-hetero) is 1. The zero-order valence-electron chi connectivity index (χ0n) is 23.3. The minimum absolute atomic E-state index is 0.000139. The van der Waals surface area contributed by atoms with Crippen LogP contribution in [-0.2, 0) is 23.7 Å². The van der Waals surface area contributed by atoms with E-state index in [9.17, 15) is 40.2 Å². The Morgan fingerprint density at radius 3 is 2.35 bits per heavy atom. The van der Waals surface area contributed by atoms with Gasteiger partial charge in [-0.1, -0.05) is 30.3 Å². The molecule has 43 heavy (non-hydrogen) atoms. The van der Waals surface area contributed by atoms with Crippen LogP contribution in [0.4, 0.5) is 0 Å². The molecule has 0 unspecified atom stereocenters. The van der Waals surface area contributed by atoms with Crippen LogP contribution in [0.1, 0.15) is 42.3 Å². The zero-order valence-corrected chi connectivity index (χ0v) is 23.3. The lowest BCUT2D eigenvalue weighted by Crippen LogP contribution is -2.65. The fraction of sp³-hybridized carbons (Fsp3) is 0.517. The quantitative estimate of drug-likeness (QED) is 0.224. The highest BCUT2D eigenvalue weighted by Gasteiger charge is 2.52. The van der Waals surface area contributed by atoms with Crippen molar-refractivity contribution < 1.29 is 68.6 Å². The van der Waals surface area contributed by atoms with E-state index in [1.165, 1.54) is 13.0 Å². The topological polar surface area (TPSA) is 211 Å². The molecule has 0 aromatic heterocycles. The highest BCUT2D eigenvalue weighted by molar-refractivity contribution is 6.02. The third-order valence-electron chi connectivity index (χ3n) is 7.60. The molecule has 3 aliphatic rings. The fourth-order valence-corrected chi connectivity index (χ4v) is 5.36. The number of carbonyl (C=O) groups is 2. The minimum Gasteiger partial charge on any atom is -0.507 e. The van der Waals surface area contributed by atoms with E-state index in [1.807, 2.05) is 6.07 Å². The molecular weight excluding hydrogens is 572 g/mol. The highest BCUT2D eigenvalue weighted by atomic mass is 16.8. The van der Waals surface area contributed by atoms with Gasteiger partial charge < -0.3 is 59.1 Å². The SMILES string of the molecule is CC(=O)O[C@H]1[C@H](O)[C@H](O[C@H]2[C@H](Oc3cc(O)c4c(c3)O[C@@H](c3ccccc3)CC4=O)O[C@H](CO)[C@H](O)[C@@H]2O)O[C@@H](C)[C@@H]1O. The van der Waals surface area contributed by atoms with Crippen molar-refractivity contribution in [1.82, 2.24) is 0 Å². The van der Waals surface area contributed by atoms with Crippen LogP contribution in [0.25, 0.3) is 0 Å². The molecule has 0 aliphatic carbocycles. The molecule has 14 nitrogen and oxygen atoms in total. The molecule has 0 saturated carbocycles. The number of rotatable bonds is 7. The predicted molar refractivity (Wildman–Crippen MR) is 142 cm³/mol. The summed E-state index contributed by atoms with van der Waals surface area (Å²) in [6, 6.07) is 11.5. The standard InChI is InChI=1S/C29H34O14/c1-12-22(34)26(39-13(2)31)25(37)28(38-12)43-27-24(36)23(35)20(11-30)42-29(27)40-15-8-16(32)21-17(33)10-18(41-19(21)9-15)14-6-4-3-5-7-14/h3-9,12,18,20,22-30,32,34-37H,10-11H2,1-2H3/t12-,18+,20+,22-,23-,24-,25-,26+,27+,28-,29+/m0/s1. The van der Waals surface area contributed by atoms with Crippen molar-refractivity contribution in [2.45, 2.75) is 87.8 Å². The number of ether oxygens (including phenoxy) is 6. The van der Waals surface area contributed by atoms with Crippen molar-refractivity contribution in [1.29, 1.82) is 0 Å². The smallest absolute Gasteiger partial charge is 0.303 e. The van der Waals surface area contributed by atoms with Crippen molar-refractivity contribution in [3.05, 3.63) is 53.6 Å². The third kappa shape index (κ3) is 6.32. The fourth-order valence-electron chi connectivity index (χ4n) is 5.36. The predicted octanol–water partition coefficient (Wildman–Crippen LogP) is -0.300. The van der Waals surface area contributed by atoms with Gasteiger partial charge in [0, 0.05) is 19.1 Å². The summed E-state index contributed by atoms with van der Waals surface area (Å²) in [4.78, 5) is 24.5. The van der Waals surface area contributed by atoms with Gasteiger partial charge in [0.15, 0.2) is 24.3 Å². The molecule has 2 saturated heterocycles. The first-order valence-corrected chi connectivity index (χ1v) is 13.7. The van der Waals surface area contributed by atoms with Gasteiger partial charge in [-0.05, 0) is 12.5 Å². The van der Waals surface area contributed by atoms with Gasteiger partial charge in [-0.2, -0.15) is 0 Å². The maximum atomic E-state index is 12.9. The Labute approximate surface area is 245 Å². The number of benzene rings is 2. The van der Waals surface area contributed by atoms with Gasteiger partial charge in [-0.3, -0.25) is 9.59 Å². The molecular formula is C29H34O14. The number of carbonyl (C=O) groups excluding carboxylic acids is 2. The van der Waals surface area contributed by atoms with Crippen molar-refractivity contribution in [2.75, 3.05) is 6.61 Å². The van der Waals surface area contributed by atoms with Crippen LogP contribution in [0, 0.1) is 0 Å². The van der Waals surface area contributed by atoms with Gasteiger partial charge in [-0.15, -0.1) is 0 Å². The van der Waals surface area contributed by atoms with Crippen LogP contribution in [0.5, 0.6) is 17.2 Å². The van der Waals surface area contributed by atoms with Gasteiger partial charge in [0.2, 0.25) is 6.29 Å². The second kappa shape index (κ2) is 12.7. The first-order valence-electron chi connectivity index (χ1n) is 13.7. The Hall–Kier alpha value is -3.34.